The standard InChI is InChI=1S/C62H42N2/c1-3-18-44(19-4-1)52-26-11-14-31-57(52)63(60-40-37-48(42-56(60)45-20-5-2-6-21-45)51-30-17-24-43-22-7-9-25-50(43)51)49-38-34-47(35-39-49)53-27-12-15-32-58(53)64-59-33-16-13-29-55(59)62-54-28-10-8-23-46(54)36-41-61(62)64/h1-42H. The van der Waals surface area contributed by atoms with Crippen LogP contribution in [0.25, 0.3) is 93.5 Å². The van der Waals surface area contributed by atoms with E-state index in [1.54, 1.807) is 0 Å². The summed E-state index contributed by atoms with van der Waals surface area (Å²) in [6, 6.07) is 92.7. The van der Waals surface area contributed by atoms with Crippen LogP contribution in [0.15, 0.2) is 255 Å². The summed E-state index contributed by atoms with van der Waals surface area (Å²) in [6.07, 6.45) is 0. The minimum Gasteiger partial charge on any atom is -0.309 e. The fourth-order valence-electron chi connectivity index (χ4n) is 9.86. The van der Waals surface area contributed by atoms with E-state index in [1.807, 2.05) is 0 Å². The Kier molecular flexibility index (Phi) is 9.20. The third kappa shape index (κ3) is 6.35. The molecule has 0 unspecified atom stereocenters. The summed E-state index contributed by atoms with van der Waals surface area (Å²) in [6.45, 7) is 0. The number of hydrogen-bond donors (Lipinski definition) is 0. The van der Waals surface area contributed by atoms with Crippen LogP contribution >= 0.6 is 0 Å². The number of benzene rings is 11. The van der Waals surface area contributed by atoms with Crippen LogP contribution in [-0.2, 0) is 0 Å². The molecule has 0 spiro atoms. The summed E-state index contributed by atoms with van der Waals surface area (Å²) in [5.41, 5.74) is 16.2. The number of para-hydroxylation sites is 3. The average Bonchev–Trinajstić information content (AvgIpc) is 3.72. The molecular formula is C62H42N2. The molecule has 12 rings (SSSR count). The summed E-state index contributed by atoms with van der Waals surface area (Å²) >= 11 is 0. The maximum Gasteiger partial charge on any atom is 0.0547 e. The number of rotatable bonds is 8. The van der Waals surface area contributed by atoms with E-state index in [2.05, 4.69) is 264 Å². The molecule has 0 saturated heterocycles. The molecule has 0 amide bonds. The van der Waals surface area contributed by atoms with Crippen molar-refractivity contribution in [3.63, 3.8) is 0 Å². The van der Waals surface area contributed by atoms with Gasteiger partial charge in [-0.25, -0.2) is 0 Å². The van der Waals surface area contributed by atoms with E-state index < -0.39 is 0 Å². The molecule has 1 aromatic heterocycles. The minimum atomic E-state index is 1.07. The van der Waals surface area contributed by atoms with Crippen LogP contribution in [-0.4, -0.2) is 4.57 Å². The number of aromatic nitrogens is 1. The van der Waals surface area contributed by atoms with Gasteiger partial charge in [-0.15, -0.1) is 0 Å². The van der Waals surface area contributed by atoms with Crippen molar-refractivity contribution in [2.75, 3.05) is 4.90 Å². The van der Waals surface area contributed by atoms with Crippen molar-refractivity contribution in [3.05, 3.63) is 255 Å². The first kappa shape index (κ1) is 37.3. The fraction of sp³-hybridized carbons (Fsp3) is 0. The number of fused-ring (bicyclic) bond motifs is 6. The predicted octanol–water partition coefficient (Wildman–Crippen LogP) is 17.2. The largest absolute Gasteiger partial charge is 0.309 e. The van der Waals surface area contributed by atoms with E-state index in [-0.39, 0.29) is 0 Å². The van der Waals surface area contributed by atoms with E-state index in [0.717, 1.165) is 45.0 Å². The SMILES string of the molecule is c1ccc(-c2ccccc2N(c2ccc(-c3ccccc3-n3c4ccccc4c4c5ccccc5ccc43)cc2)c2ccc(-c3cccc4ccccc34)cc2-c2ccccc2)cc1. The summed E-state index contributed by atoms with van der Waals surface area (Å²) in [5, 5.41) is 7.54. The zero-order chi connectivity index (χ0) is 42.4. The van der Waals surface area contributed by atoms with Gasteiger partial charge in [0.25, 0.3) is 0 Å². The first-order chi connectivity index (χ1) is 31.8. The summed E-state index contributed by atoms with van der Waals surface area (Å²) in [7, 11) is 0. The van der Waals surface area contributed by atoms with E-state index >= 15 is 0 Å². The molecule has 11 aromatic carbocycles. The van der Waals surface area contributed by atoms with Crippen LogP contribution in [0.4, 0.5) is 17.1 Å². The van der Waals surface area contributed by atoms with Crippen LogP contribution in [0, 0.1) is 0 Å². The lowest BCUT2D eigenvalue weighted by atomic mass is 9.93. The Morgan fingerprint density at radius 3 is 1.59 bits per heavy atom. The Balaban J connectivity index is 1.05. The molecule has 300 valence electrons. The highest BCUT2D eigenvalue weighted by atomic mass is 15.1. The number of nitrogens with zero attached hydrogens (tertiary/aromatic N) is 2. The maximum absolute atomic E-state index is 2.45. The molecular weight excluding hydrogens is 773 g/mol. The second-order valence-corrected chi connectivity index (χ2v) is 16.4. The smallest absolute Gasteiger partial charge is 0.0547 e. The molecule has 1 heterocycles. The predicted molar refractivity (Wildman–Crippen MR) is 272 cm³/mol. The number of anilines is 3. The van der Waals surface area contributed by atoms with Crippen molar-refractivity contribution in [1.82, 2.24) is 4.57 Å². The van der Waals surface area contributed by atoms with Crippen LogP contribution in [0.2, 0.25) is 0 Å². The molecule has 0 radical (unpaired) electrons. The first-order valence-corrected chi connectivity index (χ1v) is 22.0. The Morgan fingerprint density at radius 1 is 0.281 bits per heavy atom. The fourth-order valence-corrected chi connectivity index (χ4v) is 9.86. The highest BCUT2D eigenvalue weighted by molar-refractivity contribution is 6.21. The van der Waals surface area contributed by atoms with E-state index in [0.29, 0.717) is 0 Å². The van der Waals surface area contributed by atoms with Gasteiger partial charge in [0, 0.05) is 33.2 Å². The molecule has 0 aliphatic rings. The highest BCUT2D eigenvalue weighted by Gasteiger charge is 2.23. The van der Waals surface area contributed by atoms with E-state index in [1.165, 1.54) is 65.6 Å². The van der Waals surface area contributed by atoms with E-state index in [4.69, 9.17) is 0 Å². The lowest BCUT2D eigenvalue weighted by Crippen LogP contribution is -2.12. The van der Waals surface area contributed by atoms with Gasteiger partial charge in [-0.2, -0.15) is 0 Å². The topological polar surface area (TPSA) is 8.17 Å². The van der Waals surface area contributed by atoms with Crippen LogP contribution in [0.1, 0.15) is 0 Å². The molecule has 0 aliphatic carbocycles. The molecule has 2 nitrogen and oxygen atoms in total. The van der Waals surface area contributed by atoms with Gasteiger partial charge >= 0.3 is 0 Å². The zero-order valence-corrected chi connectivity index (χ0v) is 35.1. The van der Waals surface area contributed by atoms with Gasteiger partial charge in [0.15, 0.2) is 0 Å². The Labute approximate surface area is 373 Å². The van der Waals surface area contributed by atoms with Gasteiger partial charge in [-0.1, -0.05) is 206 Å². The highest BCUT2D eigenvalue weighted by Crippen LogP contribution is 2.47. The van der Waals surface area contributed by atoms with Crippen LogP contribution in [0.3, 0.4) is 0 Å². The minimum absolute atomic E-state index is 1.07. The molecule has 0 aliphatic heterocycles. The van der Waals surface area contributed by atoms with Gasteiger partial charge in [-0.05, 0) is 97.9 Å². The molecule has 0 N–H and O–H groups in total. The van der Waals surface area contributed by atoms with Gasteiger partial charge in [-0.3, -0.25) is 0 Å². The summed E-state index contributed by atoms with van der Waals surface area (Å²) in [5.74, 6) is 0. The molecule has 0 atom stereocenters. The lowest BCUT2D eigenvalue weighted by molar-refractivity contribution is 1.18. The maximum atomic E-state index is 2.45. The third-order valence-corrected chi connectivity index (χ3v) is 12.8. The van der Waals surface area contributed by atoms with Crippen LogP contribution in [0.5, 0.6) is 0 Å². The molecule has 0 saturated carbocycles. The van der Waals surface area contributed by atoms with Crippen molar-refractivity contribution >= 4 is 60.4 Å². The molecule has 64 heavy (non-hydrogen) atoms. The quantitative estimate of drug-likeness (QED) is 0.148. The average molecular weight is 815 g/mol. The number of hydrogen-bond acceptors (Lipinski definition) is 1. The van der Waals surface area contributed by atoms with Crippen LogP contribution < -0.4 is 4.90 Å². The molecule has 12 aromatic rings. The summed E-state index contributed by atoms with van der Waals surface area (Å²) < 4.78 is 2.45. The zero-order valence-electron chi connectivity index (χ0n) is 35.1. The van der Waals surface area contributed by atoms with Crippen molar-refractivity contribution in [2.45, 2.75) is 0 Å². The van der Waals surface area contributed by atoms with Gasteiger partial charge < -0.3 is 9.47 Å². The van der Waals surface area contributed by atoms with Gasteiger partial charge in [0.2, 0.25) is 0 Å². The Morgan fingerprint density at radius 2 is 0.812 bits per heavy atom. The summed E-state index contributed by atoms with van der Waals surface area (Å²) in [4.78, 5) is 2.45. The monoisotopic (exact) mass is 814 g/mol. The lowest BCUT2D eigenvalue weighted by Gasteiger charge is -2.30. The molecule has 0 fully saturated rings. The van der Waals surface area contributed by atoms with Crippen molar-refractivity contribution in [2.24, 2.45) is 0 Å². The van der Waals surface area contributed by atoms with E-state index in [9.17, 15) is 0 Å². The van der Waals surface area contributed by atoms with Gasteiger partial charge in [0.1, 0.15) is 0 Å². The second kappa shape index (κ2) is 15.8. The normalized spacial score (nSPS) is 11.4. The first-order valence-electron chi connectivity index (χ1n) is 22.0. The van der Waals surface area contributed by atoms with Gasteiger partial charge in [0.05, 0.1) is 28.1 Å². The van der Waals surface area contributed by atoms with Crippen molar-refractivity contribution in [3.8, 4) is 50.2 Å². The Bertz CT molecular complexity index is 3650. The molecule has 2 heteroatoms. The second-order valence-electron chi connectivity index (χ2n) is 16.4. The third-order valence-electron chi connectivity index (χ3n) is 12.8. The van der Waals surface area contributed by atoms with Crippen molar-refractivity contribution < 1.29 is 0 Å². The van der Waals surface area contributed by atoms with Crippen molar-refractivity contribution in [1.29, 1.82) is 0 Å². The molecule has 0 bridgehead atoms. The Hall–Kier alpha value is -8.46.